The highest BCUT2D eigenvalue weighted by molar-refractivity contribution is 5.77. The third kappa shape index (κ3) is 3.94. The fourth-order valence-electron chi connectivity index (χ4n) is 4.48. The van der Waals surface area contributed by atoms with Crippen LogP contribution in [0.4, 0.5) is 0 Å². The Morgan fingerprint density at radius 3 is 2.62 bits per heavy atom. The Labute approximate surface area is 185 Å². The van der Waals surface area contributed by atoms with E-state index in [1.807, 2.05) is 36.1 Å². The van der Waals surface area contributed by atoms with Crippen molar-refractivity contribution in [1.82, 2.24) is 23.6 Å². The molecular formula is C23H29N5O4. The minimum Gasteiger partial charge on any atom is -0.494 e. The van der Waals surface area contributed by atoms with Gasteiger partial charge in [0.05, 0.1) is 19.0 Å². The van der Waals surface area contributed by atoms with E-state index in [1.54, 1.807) is 17.9 Å². The van der Waals surface area contributed by atoms with Crippen LogP contribution in [0.2, 0.25) is 0 Å². The van der Waals surface area contributed by atoms with E-state index in [0.29, 0.717) is 37.2 Å². The van der Waals surface area contributed by atoms with Gasteiger partial charge in [0.2, 0.25) is 5.91 Å². The molecule has 1 unspecified atom stereocenters. The summed E-state index contributed by atoms with van der Waals surface area (Å²) in [5.74, 6) is 0.953. The fourth-order valence-corrected chi connectivity index (χ4v) is 4.48. The summed E-state index contributed by atoms with van der Waals surface area (Å²) in [6.07, 6.45) is 4.48. The van der Waals surface area contributed by atoms with E-state index in [2.05, 4.69) is 4.98 Å². The van der Waals surface area contributed by atoms with Gasteiger partial charge in [0.25, 0.3) is 5.56 Å². The molecule has 9 heteroatoms. The van der Waals surface area contributed by atoms with Crippen molar-refractivity contribution in [2.24, 2.45) is 14.1 Å². The molecule has 0 N–H and O–H groups in total. The number of benzene rings is 1. The number of ether oxygens (including phenoxy) is 1. The van der Waals surface area contributed by atoms with Gasteiger partial charge in [-0.3, -0.25) is 18.7 Å². The number of likely N-dealkylation sites (tertiary alicyclic amines) is 1. The lowest BCUT2D eigenvalue weighted by molar-refractivity contribution is -0.132. The third-order valence-corrected chi connectivity index (χ3v) is 6.16. The van der Waals surface area contributed by atoms with E-state index < -0.39 is 5.69 Å². The first-order chi connectivity index (χ1) is 15.4. The lowest BCUT2D eigenvalue weighted by atomic mass is 10.0. The maximum absolute atomic E-state index is 13.0. The highest BCUT2D eigenvalue weighted by atomic mass is 16.5. The van der Waals surface area contributed by atoms with Gasteiger partial charge >= 0.3 is 5.69 Å². The van der Waals surface area contributed by atoms with E-state index in [1.165, 1.54) is 11.6 Å². The Morgan fingerprint density at radius 1 is 1.16 bits per heavy atom. The van der Waals surface area contributed by atoms with Crippen molar-refractivity contribution in [3.8, 4) is 5.75 Å². The molecule has 32 heavy (non-hydrogen) atoms. The predicted octanol–water partition coefficient (Wildman–Crippen LogP) is 1.98. The lowest BCUT2D eigenvalue weighted by Crippen LogP contribution is -2.37. The molecule has 0 spiro atoms. The van der Waals surface area contributed by atoms with Crippen LogP contribution < -0.4 is 16.0 Å². The van der Waals surface area contributed by atoms with Crippen LogP contribution in [0.15, 0.2) is 40.2 Å². The minimum absolute atomic E-state index is 0.0917. The summed E-state index contributed by atoms with van der Waals surface area (Å²) in [4.78, 5) is 43.8. The topological polar surface area (TPSA) is 91.4 Å². The monoisotopic (exact) mass is 439 g/mol. The number of hydrogen-bond donors (Lipinski definition) is 0. The highest BCUT2D eigenvalue weighted by Crippen LogP contribution is 2.33. The molecule has 1 amide bonds. The molecule has 4 rings (SSSR count). The molecule has 0 radical (unpaired) electrons. The maximum atomic E-state index is 13.0. The smallest absolute Gasteiger partial charge is 0.332 e. The van der Waals surface area contributed by atoms with Crippen molar-refractivity contribution in [2.75, 3.05) is 13.2 Å². The molecule has 0 bridgehead atoms. The molecule has 1 atom stereocenters. The Balaban J connectivity index is 1.43. The van der Waals surface area contributed by atoms with Gasteiger partial charge in [0.1, 0.15) is 5.75 Å². The zero-order chi connectivity index (χ0) is 22.8. The fraction of sp³-hybridized carbons (Fsp3) is 0.478. The quantitative estimate of drug-likeness (QED) is 0.561. The molecule has 3 heterocycles. The van der Waals surface area contributed by atoms with Crippen LogP contribution in [0.25, 0.3) is 11.2 Å². The van der Waals surface area contributed by atoms with Crippen molar-refractivity contribution >= 4 is 17.1 Å². The second-order valence-corrected chi connectivity index (χ2v) is 8.17. The second kappa shape index (κ2) is 9.02. The molecule has 9 nitrogen and oxygen atoms in total. The van der Waals surface area contributed by atoms with E-state index in [4.69, 9.17) is 4.74 Å². The van der Waals surface area contributed by atoms with Crippen LogP contribution >= 0.6 is 0 Å². The second-order valence-electron chi connectivity index (χ2n) is 8.17. The lowest BCUT2D eigenvalue weighted by Gasteiger charge is -2.25. The van der Waals surface area contributed by atoms with Crippen LogP contribution in [0.3, 0.4) is 0 Å². The molecular weight excluding hydrogens is 410 g/mol. The number of hydrogen-bond acceptors (Lipinski definition) is 5. The summed E-state index contributed by atoms with van der Waals surface area (Å²) in [6.45, 7) is 3.82. The number of aromatic nitrogens is 4. The normalized spacial score (nSPS) is 16.1. The summed E-state index contributed by atoms with van der Waals surface area (Å²) in [7, 11) is 3.05. The van der Waals surface area contributed by atoms with Gasteiger partial charge in [0.15, 0.2) is 11.2 Å². The van der Waals surface area contributed by atoms with Crippen molar-refractivity contribution in [3.63, 3.8) is 0 Å². The van der Waals surface area contributed by atoms with Gasteiger partial charge in [-0.05, 0) is 43.9 Å². The van der Waals surface area contributed by atoms with Crippen molar-refractivity contribution < 1.29 is 9.53 Å². The molecule has 1 aliphatic heterocycles. The number of aryl methyl sites for hydroxylation is 2. The Morgan fingerprint density at radius 2 is 1.91 bits per heavy atom. The molecule has 1 saturated heterocycles. The Hall–Kier alpha value is -3.36. The van der Waals surface area contributed by atoms with Crippen LogP contribution in [-0.2, 0) is 25.4 Å². The number of nitrogens with zero attached hydrogens (tertiary/aromatic N) is 5. The van der Waals surface area contributed by atoms with E-state index in [-0.39, 0.29) is 17.5 Å². The van der Waals surface area contributed by atoms with E-state index >= 15 is 0 Å². The van der Waals surface area contributed by atoms with Gasteiger partial charge in [-0.1, -0.05) is 12.1 Å². The predicted molar refractivity (Wildman–Crippen MR) is 121 cm³/mol. The van der Waals surface area contributed by atoms with Crippen LogP contribution in [-0.4, -0.2) is 42.6 Å². The van der Waals surface area contributed by atoms with Crippen LogP contribution in [0.5, 0.6) is 5.75 Å². The number of amides is 1. The standard InChI is InChI=1S/C23H29N5O4/c1-4-32-17-11-9-16(10-12-17)18-7-5-14-28(18)19(29)8-6-13-27-15-24-21-20(27)22(30)26(3)23(31)25(21)2/h9-12,15,18H,4-8,13-14H2,1-3H3. The zero-order valence-corrected chi connectivity index (χ0v) is 18.8. The molecule has 1 aromatic carbocycles. The summed E-state index contributed by atoms with van der Waals surface area (Å²) in [5.41, 5.74) is 1.10. The first-order valence-corrected chi connectivity index (χ1v) is 11.1. The van der Waals surface area contributed by atoms with Crippen LogP contribution in [0, 0.1) is 0 Å². The number of imidazole rings is 1. The highest BCUT2D eigenvalue weighted by Gasteiger charge is 2.29. The van der Waals surface area contributed by atoms with Gasteiger partial charge in [-0.25, -0.2) is 9.78 Å². The van der Waals surface area contributed by atoms with Crippen molar-refractivity contribution in [2.45, 2.75) is 45.2 Å². The SMILES string of the molecule is CCOc1ccc(C2CCCN2C(=O)CCCn2cnc3c2c(=O)n(C)c(=O)n3C)cc1. The average molecular weight is 440 g/mol. The first kappa shape index (κ1) is 21.9. The van der Waals surface area contributed by atoms with Gasteiger partial charge in [-0.2, -0.15) is 0 Å². The summed E-state index contributed by atoms with van der Waals surface area (Å²) in [6, 6.07) is 8.09. The molecule has 0 saturated carbocycles. The van der Waals surface area contributed by atoms with Gasteiger partial charge < -0.3 is 14.2 Å². The molecule has 1 fully saturated rings. The Bertz CT molecular complexity index is 1240. The summed E-state index contributed by atoms with van der Waals surface area (Å²) in [5, 5.41) is 0. The molecule has 2 aromatic heterocycles. The molecule has 1 aliphatic rings. The molecule has 0 aliphatic carbocycles. The molecule has 170 valence electrons. The van der Waals surface area contributed by atoms with E-state index in [0.717, 1.165) is 35.3 Å². The molecule has 3 aromatic rings. The number of rotatable bonds is 7. The average Bonchev–Trinajstić information content (AvgIpc) is 3.45. The summed E-state index contributed by atoms with van der Waals surface area (Å²) < 4.78 is 9.70. The van der Waals surface area contributed by atoms with Gasteiger partial charge in [-0.15, -0.1) is 0 Å². The van der Waals surface area contributed by atoms with E-state index in [9.17, 15) is 14.4 Å². The Kier molecular flexibility index (Phi) is 6.16. The first-order valence-electron chi connectivity index (χ1n) is 11.1. The zero-order valence-electron chi connectivity index (χ0n) is 18.8. The number of carbonyl (C=O) groups excluding carboxylic acids is 1. The van der Waals surface area contributed by atoms with Crippen molar-refractivity contribution in [3.05, 3.63) is 57.0 Å². The summed E-state index contributed by atoms with van der Waals surface area (Å²) >= 11 is 0. The number of fused-ring (bicyclic) bond motifs is 1. The van der Waals surface area contributed by atoms with Crippen LogP contribution in [0.1, 0.15) is 44.2 Å². The minimum atomic E-state index is -0.405. The van der Waals surface area contributed by atoms with Crippen molar-refractivity contribution in [1.29, 1.82) is 0 Å². The maximum Gasteiger partial charge on any atom is 0.332 e. The van der Waals surface area contributed by atoms with Gasteiger partial charge in [0, 0.05) is 33.6 Å². The third-order valence-electron chi connectivity index (χ3n) is 6.16. The number of carbonyl (C=O) groups is 1. The largest absolute Gasteiger partial charge is 0.494 e.